The van der Waals surface area contributed by atoms with Gasteiger partial charge < -0.3 is 13.9 Å². The Bertz CT molecular complexity index is 1190. The monoisotopic (exact) mass is 535 g/mol. The average Bonchev–Trinajstić information content (AvgIpc) is 2.86. The minimum absolute atomic E-state index is 0.0158. The van der Waals surface area contributed by atoms with Crippen molar-refractivity contribution in [3.8, 4) is 17.0 Å². The van der Waals surface area contributed by atoms with Crippen LogP contribution < -0.4 is 10.4 Å². The van der Waals surface area contributed by atoms with Crippen LogP contribution in [0.4, 0.5) is 4.39 Å². The Kier molecular flexibility index (Phi) is 11.7. The first-order valence-electron chi connectivity index (χ1n) is 10.9. The number of pyridine rings is 1. The molecule has 2 aromatic heterocycles. The molecule has 0 aliphatic carbocycles. The van der Waals surface area contributed by atoms with Gasteiger partial charge in [0, 0.05) is 40.2 Å². The van der Waals surface area contributed by atoms with Crippen LogP contribution in [-0.2, 0) is 9.53 Å². The second kappa shape index (κ2) is 15.0. The summed E-state index contributed by atoms with van der Waals surface area (Å²) in [6.07, 6.45) is 1.34. The highest BCUT2D eigenvalue weighted by Gasteiger charge is 2.10. The van der Waals surface area contributed by atoms with E-state index >= 15 is 0 Å². The van der Waals surface area contributed by atoms with Gasteiger partial charge in [0.15, 0.2) is 0 Å². The molecule has 3 aromatic rings. The molecule has 0 unspecified atom stereocenters. The minimum Gasteiger partial charge on any atom is -0.477 e. The lowest BCUT2D eigenvalue weighted by molar-refractivity contribution is -0.107. The smallest absolute Gasteiger partial charge is 0.345 e. The molecule has 1 aromatic carbocycles. The standard InChI is InChI=1S/C25H26FNO5S3/c1-2-23(28)35-15-14-34-12-9-30-8-11-33-13-10-31-22-7-6-19-17-21(25(29)32-24(19)27-22)18-4-3-5-20(26)16-18/h2-7,16-17H,1,8-15H2. The van der Waals surface area contributed by atoms with Crippen molar-refractivity contribution in [2.45, 2.75) is 0 Å². The van der Waals surface area contributed by atoms with Gasteiger partial charge in [0.1, 0.15) is 5.82 Å². The van der Waals surface area contributed by atoms with Gasteiger partial charge in [0.05, 0.1) is 25.4 Å². The van der Waals surface area contributed by atoms with E-state index in [2.05, 4.69) is 11.6 Å². The van der Waals surface area contributed by atoms with Crippen molar-refractivity contribution in [1.82, 2.24) is 4.98 Å². The first-order chi connectivity index (χ1) is 17.1. The van der Waals surface area contributed by atoms with Crippen LogP contribution in [0.5, 0.6) is 5.88 Å². The number of ether oxygens (including phenoxy) is 2. The number of fused-ring (bicyclic) bond motifs is 1. The predicted octanol–water partition coefficient (Wildman–Crippen LogP) is 5.30. The van der Waals surface area contributed by atoms with Crippen molar-refractivity contribution >= 4 is 51.5 Å². The SMILES string of the molecule is C=CC(=O)SCCSCCOCCSCCOc1ccc2cc(-c3cccc(F)c3)c(=O)oc2n1. The van der Waals surface area contributed by atoms with Gasteiger partial charge >= 0.3 is 5.63 Å². The van der Waals surface area contributed by atoms with Crippen molar-refractivity contribution < 1.29 is 23.1 Å². The maximum Gasteiger partial charge on any atom is 0.345 e. The Labute approximate surface area is 216 Å². The first kappa shape index (κ1) is 27.3. The van der Waals surface area contributed by atoms with E-state index in [1.54, 1.807) is 53.9 Å². The summed E-state index contributed by atoms with van der Waals surface area (Å²) >= 11 is 4.77. The summed E-state index contributed by atoms with van der Waals surface area (Å²) in [5.74, 6) is 4.21. The normalized spacial score (nSPS) is 11.0. The average molecular weight is 536 g/mol. The van der Waals surface area contributed by atoms with Crippen molar-refractivity contribution in [3.63, 3.8) is 0 Å². The highest BCUT2D eigenvalue weighted by atomic mass is 32.2. The molecule has 0 atom stereocenters. The van der Waals surface area contributed by atoms with Crippen LogP contribution in [0.1, 0.15) is 0 Å². The molecule has 0 saturated carbocycles. The number of carbonyl (C=O) groups is 1. The van der Waals surface area contributed by atoms with E-state index < -0.39 is 11.4 Å². The molecule has 0 bridgehead atoms. The third kappa shape index (κ3) is 9.36. The van der Waals surface area contributed by atoms with E-state index in [1.165, 1.54) is 30.0 Å². The number of aromatic nitrogens is 1. The van der Waals surface area contributed by atoms with Crippen LogP contribution in [0.15, 0.2) is 64.3 Å². The van der Waals surface area contributed by atoms with Crippen LogP contribution in [-0.4, -0.2) is 58.7 Å². The van der Waals surface area contributed by atoms with E-state index in [4.69, 9.17) is 13.9 Å². The zero-order chi connectivity index (χ0) is 24.9. The highest BCUT2D eigenvalue weighted by Crippen LogP contribution is 2.22. The molecule has 6 nitrogen and oxygen atoms in total. The minimum atomic E-state index is -0.580. The number of nitrogens with zero attached hydrogens (tertiary/aromatic N) is 1. The Balaban J connectivity index is 1.32. The summed E-state index contributed by atoms with van der Waals surface area (Å²) < 4.78 is 30.1. The second-order valence-corrected chi connectivity index (χ2v) is 10.6. The van der Waals surface area contributed by atoms with E-state index in [1.807, 2.05) is 0 Å². The number of halogens is 1. The number of hydrogen-bond donors (Lipinski definition) is 0. The topological polar surface area (TPSA) is 78.6 Å². The van der Waals surface area contributed by atoms with Crippen LogP contribution in [0.2, 0.25) is 0 Å². The summed E-state index contributed by atoms with van der Waals surface area (Å²) in [5.41, 5.74) is 0.335. The number of hydrogen-bond acceptors (Lipinski definition) is 9. The molecule has 0 aliphatic heterocycles. The number of carbonyl (C=O) groups excluding carboxylic acids is 1. The third-order valence-corrected chi connectivity index (χ3v) is 7.55. The molecule has 0 fully saturated rings. The molecule has 0 saturated heterocycles. The van der Waals surface area contributed by atoms with Gasteiger partial charge in [-0.05, 0) is 35.9 Å². The summed E-state index contributed by atoms with van der Waals surface area (Å²) in [5, 5.41) is 0.645. The lowest BCUT2D eigenvalue weighted by Gasteiger charge is -2.07. The molecule has 0 N–H and O–H groups in total. The quantitative estimate of drug-likeness (QED) is 0.190. The summed E-state index contributed by atoms with van der Waals surface area (Å²) in [6, 6.07) is 10.9. The fourth-order valence-corrected chi connectivity index (χ4v) is 5.13. The Hall–Kier alpha value is -2.27. The zero-order valence-corrected chi connectivity index (χ0v) is 21.5. The van der Waals surface area contributed by atoms with Crippen molar-refractivity contribution in [1.29, 1.82) is 0 Å². The fraction of sp³-hybridized carbons (Fsp3) is 0.320. The number of thioether (sulfide) groups is 3. The molecule has 0 amide bonds. The molecule has 0 radical (unpaired) electrons. The Morgan fingerprint density at radius 3 is 2.57 bits per heavy atom. The Morgan fingerprint density at radius 2 is 1.80 bits per heavy atom. The summed E-state index contributed by atoms with van der Waals surface area (Å²) in [7, 11) is 0. The highest BCUT2D eigenvalue weighted by molar-refractivity contribution is 8.14. The van der Waals surface area contributed by atoms with E-state index in [-0.39, 0.29) is 16.4 Å². The van der Waals surface area contributed by atoms with Crippen molar-refractivity contribution in [2.75, 3.05) is 48.6 Å². The van der Waals surface area contributed by atoms with Gasteiger partial charge in [-0.3, -0.25) is 4.79 Å². The summed E-state index contributed by atoms with van der Waals surface area (Å²) in [4.78, 5) is 27.7. The molecular formula is C25H26FNO5S3. The van der Waals surface area contributed by atoms with Crippen LogP contribution in [0.25, 0.3) is 22.2 Å². The largest absolute Gasteiger partial charge is 0.477 e. The fourth-order valence-electron chi connectivity index (χ4n) is 2.93. The lowest BCUT2D eigenvalue weighted by atomic mass is 10.1. The first-order valence-corrected chi connectivity index (χ1v) is 14.2. The van der Waals surface area contributed by atoms with Gasteiger partial charge in [0.25, 0.3) is 0 Å². The number of rotatable bonds is 15. The molecule has 186 valence electrons. The zero-order valence-electron chi connectivity index (χ0n) is 19.1. The van der Waals surface area contributed by atoms with E-state index in [0.29, 0.717) is 36.7 Å². The van der Waals surface area contributed by atoms with Gasteiger partial charge in [0.2, 0.25) is 16.7 Å². The predicted molar refractivity (Wildman–Crippen MR) is 144 cm³/mol. The molecule has 35 heavy (non-hydrogen) atoms. The molecule has 10 heteroatoms. The van der Waals surface area contributed by atoms with Gasteiger partial charge in [-0.15, -0.1) is 0 Å². The van der Waals surface area contributed by atoms with E-state index in [9.17, 15) is 14.0 Å². The lowest BCUT2D eigenvalue weighted by Crippen LogP contribution is -2.06. The van der Waals surface area contributed by atoms with Crippen molar-refractivity contribution in [2.24, 2.45) is 0 Å². The summed E-state index contributed by atoms with van der Waals surface area (Å²) in [6.45, 7) is 5.27. The number of benzene rings is 1. The van der Waals surface area contributed by atoms with Gasteiger partial charge in [-0.2, -0.15) is 28.5 Å². The molecule has 2 heterocycles. The molecular weight excluding hydrogens is 509 g/mol. The third-order valence-electron chi connectivity index (χ3n) is 4.57. The van der Waals surface area contributed by atoms with Crippen LogP contribution >= 0.6 is 35.3 Å². The molecule has 0 aliphatic rings. The maximum absolute atomic E-state index is 13.5. The van der Waals surface area contributed by atoms with Crippen molar-refractivity contribution in [3.05, 3.63) is 71.4 Å². The molecule has 3 rings (SSSR count). The van der Waals surface area contributed by atoms with Crippen LogP contribution in [0, 0.1) is 5.82 Å². The molecule has 0 spiro atoms. The van der Waals surface area contributed by atoms with Gasteiger partial charge in [-0.1, -0.05) is 30.5 Å². The second-order valence-electron chi connectivity index (χ2n) is 7.06. The van der Waals surface area contributed by atoms with E-state index in [0.717, 1.165) is 28.8 Å². The van der Waals surface area contributed by atoms with Gasteiger partial charge in [-0.25, -0.2) is 9.18 Å². The maximum atomic E-state index is 13.5. The Morgan fingerprint density at radius 1 is 1.03 bits per heavy atom. The van der Waals surface area contributed by atoms with Crippen LogP contribution in [0.3, 0.4) is 0 Å².